The Labute approximate surface area is 166 Å². The number of carbonyl (C=O) groups excluding carboxylic acids is 1. The van der Waals surface area contributed by atoms with Crippen LogP contribution in [0.2, 0.25) is 0 Å². The minimum absolute atomic E-state index is 0.0620. The Bertz CT molecular complexity index is 881. The molecule has 0 aliphatic carbocycles. The summed E-state index contributed by atoms with van der Waals surface area (Å²) in [5, 5.41) is 0. The minimum atomic E-state index is -0.361. The average molecular weight is 380 g/mol. The van der Waals surface area contributed by atoms with Crippen molar-refractivity contribution < 1.29 is 9.53 Å². The first-order valence-corrected chi connectivity index (χ1v) is 9.51. The molecule has 2 heterocycles. The highest BCUT2D eigenvalue weighted by Gasteiger charge is 2.29. The van der Waals surface area contributed by atoms with Crippen molar-refractivity contribution in [2.75, 3.05) is 19.6 Å². The number of ether oxygens (including phenoxy) is 1. The third kappa shape index (κ3) is 4.51. The van der Waals surface area contributed by atoms with Crippen molar-refractivity contribution in [2.45, 2.75) is 33.4 Å². The predicted octanol–water partition coefficient (Wildman–Crippen LogP) is 3.33. The van der Waals surface area contributed by atoms with E-state index >= 15 is 0 Å². The Balaban J connectivity index is 1.60. The van der Waals surface area contributed by atoms with Crippen LogP contribution in [0.1, 0.15) is 29.2 Å². The molecule has 1 saturated heterocycles. The average Bonchev–Trinajstić information content (AvgIpc) is 2.65. The summed E-state index contributed by atoms with van der Waals surface area (Å²) in [6.45, 7) is 13.2. The second kappa shape index (κ2) is 8.44. The molecule has 0 spiro atoms. The van der Waals surface area contributed by atoms with E-state index in [0.29, 0.717) is 23.6 Å². The number of amides is 1. The topological polar surface area (TPSA) is 71.7 Å². The lowest BCUT2D eigenvalue weighted by Gasteiger charge is -2.39. The SMILES string of the molecule is C=C(N)c1cncc(OC(=O)N2CCN(Cc3cccc(C)c3C)C[C@@H]2C)c1. The molecular formula is C22H28N4O2. The molecule has 148 valence electrons. The second-order valence-electron chi connectivity index (χ2n) is 7.44. The number of rotatable bonds is 4. The van der Waals surface area contributed by atoms with Crippen LogP contribution in [0.25, 0.3) is 5.70 Å². The molecule has 0 bridgehead atoms. The fraction of sp³-hybridized carbons (Fsp3) is 0.364. The number of aryl methyl sites for hydroxylation is 1. The maximum Gasteiger partial charge on any atom is 0.415 e. The zero-order valence-corrected chi connectivity index (χ0v) is 16.8. The molecule has 1 fully saturated rings. The molecule has 28 heavy (non-hydrogen) atoms. The second-order valence-corrected chi connectivity index (χ2v) is 7.44. The van der Waals surface area contributed by atoms with E-state index in [1.165, 1.54) is 22.9 Å². The van der Waals surface area contributed by atoms with Crippen LogP contribution in [0.15, 0.2) is 43.2 Å². The van der Waals surface area contributed by atoms with Crippen LogP contribution in [0.4, 0.5) is 4.79 Å². The molecule has 2 aromatic rings. The Hall–Kier alpha value is -2.86. The molecule has 0 radical (unpaired) electrons. The summed E-state index contributed by atoms with van der Waals surface area (Å²) in [5.74, 6) is 0.374. The predicted molar refractivity (Wildman–Crippen MR) is 111 cm³/mol. The third-order valence-corrected chi connectivity index (χ3v) is 5.35. The standard InChI is InChI=1S/C22H28N4O2/c1-15-6-5-7-19(17(15)3)14-25-8-9-26(16(2)13-25)22(27)28-21-10-20(18(4)23)11-24-12-21/h5-7,10-12,16H,4,8-9,13-14,23H2,1-3H3/t16-/m0/s1. The van der Waals surface area contributed by atoms with E-state index in [-0.39, 0.29) is 12.1 Å². The van der Waals surface area contributed by atoms with E-state index in [2.05, 4.69) is 48.5 Å². The van der Waals surface area contributed by atoms with Crippen LogP contribution >= 0.6 is 0 Å². The summed E-state index contributed by atoms with van der Waals surface area (Å²) >= 11 is 0. The van der Waals surface area contributed by atoms with E-state index in [4.69, 9.17) is 10.5 Å². The number of aromatic nitrogens is 1. The lowest BCUT2D eigenvalue weighted by atomic mass is 10.0. The highest BCUT2D eigenvalue weighted by atomic mass is 16.6. The molecule has 1 aliphatic heterocycles. The van der Waals surface area contributed by atoms with Gasteiger partial charge in [-0.1, -0.05) is 24.8 Å². The summed E-state index contributed by atoms with van der Waals surface area (Å²) in [6.07, 6.45) is 2.74. The Morgan fingerprint density at radius 3 is 2.82 bits per heavy atom. The Kier molecular flexibility index (Phi) is 5.99. The van der Waals surface area contributed by atoms with E-state index in [9.17, 15) is 4.79 Å². The fourth-order valence-corrected chi connectivity index (χ4v) is 3.48. The van der Waals surface area contributed by atoms with E-state index in [1.54, 1.807) is 17.2 Å². The molecular weight excluding hydrogens is 352 g/mol. The van der Waals surface area contributed by atoms with Gasteiger partial charge in [-0.05, 0) is 43.5 Å². The Morgan fingerprint density at radius 2 is 2.11 bits per heavy atom. The van der Waals surface area contributed by atoms with E-state index < -0.39 is 0 Å². The molecule has 1 aliphatic rings. The lowest BCUT2D eigenvalue weighted by molar-refractivity contribution is 0.0751. The largest absolute Gasteiger partial charge is 0.415 e. The van der Waals surface area contributed by atoms with Gasteiger partial charge in [0.25, 0.3) is 0 Å². The first kappa shape index (κ1) is 19.9. The van der Waals surface area contributed by atoms with Crippen molar-refractivity contribution in [3.05, 3.63) is 65.5 Å². The maximum absolute atomic E-state index is 12.6. The molecule has 6 nitrogen and oxygen atoms in total. The van der Waals surface area contributed by atoms with Gasteiger partial charge in [-0.3, -0.25) is 9.88 Å². The number of piperazine rings is 1. The van der Waals surface area contributed by atoms with Crippen LogP contribution < -0.4 is 10.5 Å². The van der Waals surface area contributed by atoms with Crippen LogP contribution in [0, 0.1) is 13.8 Å². The summed E-state index contributed by atoms with van der Waals surface area (Å²) in [7, 11) is 0. The van der Waals surface area contributed by atoms with Crippen molar-refractivity contribution in [1.29, 1.82) is 0 Å². The van der Waals surface area contributed by atoms with Crippen molar-refractivity contribution in [3.8, 4) is 5.75 Å². The van der Waals surface area contributed by atoms with Gasteiger partial charge in [0.2, 0.25) is 0 Å². The quantitative estimate of drug-likeness (QED) is 0.881. The number of benzene rings is 1. The van der Waals surface area contributed by atoms with Gasteiger partial charge < -0.3 is 15.4 Å². The van der Waals surface area contributed by atoms with Gasteiger partial charge in [0.1, 0.15) is 0 Å². The van der Waals surface area contributed by atoms with Crippen molar-refractivity contribution >= 4 is 11.8 Å². The number of pyridine rings is 1. The highest BCUT2D eigenvalue weighted by molar-refractivity contribution is 5.72. The first-order valence-electron chi connectivity index (χ1n) is 9.51. The van der Waals surface area contributed by atoms with Gasteiger partial charge in [0, 0.05) is 49.7 Å². The van der Waals surface area contributed by atoms with Gasteiger partial charge in [-0.25, -0.2) is 4.79 Å². The van der Waals surface area contributed by atoms with Crippen LogP contribution in [-0.2, 0) is 6.54 Å². The lowest BCUT2D eigenvalue weighted by Crippen LogP contribution is -2.54. The van der Waals surface area contributed by atoms with Gasteiger partial charge >= 0.3 is 6.09 Å². The smallest absolute Gasteiger partial charge is 0.409 e. The van der Waals surface area contributed by atoms with Gasteiger partial charge in [-0.15, -0.1) is 0 Å². The normalized spacial score (nSPS) is 17.4. The van der Waals surface area contributed by atoms with Gasteiger partial charge in [0.05, 0.1) is 6.20 Å². The minimum Gasteiger partial charge on any atom is -0.409 e. The summed E-state index contributed by atoms with van der Waals surface area (Å²) < 4.78 is 5.51. The Morgan fingerprint density at radius 1 is 1.32 bits per heavy atom. The van der Waals surface area contributed by atoms with Crippen molar-refractivity contribution in [2.24, 2.45) is 5.73 Å². The molecule has 1 aromatic carbocycles. The number of hydrogen-bond acceptors (Lipinski definition) is 5. The summed E-state index contributed by atoms with van der Waals surface area (Å²) in [5.41, 5.74) is 10.7. The molecule has 0 unspecified atom stereocenters. The monoisotopic (exact) mass is 380 g/mol. The summed E-state index contributed by atoms with van der Waals surface area (Å²) in [6, 6.07) is 8.16. The number of nitrogens with zero attached hydrogens (tertiary/aromatic N) is 3. The van der Waals surface area contributed by atoms with E-state index in [0.717, 1.165) is 19.6 Å². The molecule has 6 heteroatoms. The summed E-state index contributed by atoms with van der Waals surface area (Å²) in [4.78, 5) is 20.8. The number of hydrogen-bond donors (Lipinski definition) is 1. The van der Waals surface area contributed by atoms with Crippen LogP contribution in [0.3, 0.4) is 0 Å². The molecule has 1 amide bonds. The number of nitrogens with two attached hydrogens (primary N) is 1. The highest BCUT2D eigenvalue weighted by Crippen LogP contribution is 2.20. The van der Waals surface area contributed by atoms with Gasteiger partial charge in [-0.2, -0.15) is 0 Å². The van der Waals surface area contributed by atoms with Crippen molar-refractivity contribution in [1.82, 2.24) is 14.8 Å². The zero-order chi connectivity index (χ0) is 20.3. The van der Waals surface area contributed by atoms with E-state index in [1.807, 2.05) is 6.92 Å². The molecule has 1 atom stereocenters. The molecule has 0 saturated carbocycles. The molecule has 3 rings (SSSR count). The molecule has 1 aromatic heterocycles. The zero-order valence-electron chi connectivity index (χ0n) is 16.8. The maximum atomic E-state index is 12.6. The van der Waals surface area contributed by atoms with Crippen LogP contribution in [0.5, 0.6) is 5.75 Å². The first-order chi connectivity index (χ1) is 13.3. The molecule has 2 N–H and O–H groups in total. The third-order valence-electron chi connectivity index (χ3n) is 5.35. The fourth-order valence-electron chi connectivity index (χ4n) is 3.48. The van der Waals surface area contributed by atoms with Crippen molar-refractivity contribution in [3.63, 3.8) is 0 Å². The van der Waals surface area contributed by atoms with Crippen LogP contribution in [-0.4, -0.2) is 46.6 Å². The van der Waals surface area contributed by atoms with Gasteiger partial charge in [0.15, 0.2) is 5.75 Å². The number of carbonyl (C=O) groups is 1.